The molecule has 0 saturated heterocycles. The van der Waals surface area contributed by atoms with Crippen molar-refractivity contribution in [3.63, 3.8) is 0 Å². The summed E-state index contributed by atoms with van der Waals surface area (Å²) in [6.45, 7) is 2.85. The molecule has 0 unspecified atom stereocenters. The molecule has 0 spiro atoms. The molecule has 0 aliphatic heterocycles. The lowest BCUT2D eigenvalue weighted by molar-refractivity contribution is -0.118. The number of hydrogen-bond donors (Lipinski definition) is 1. The maximum absolute atomic E-state index is 12.9. The summed E-state index contributed by atoms with van der Waals surface area (Å²) in [5, 5.41) is 11.0. The number of nitrogens with zero attached hydrogens (tertiary/aromatic N) is 2. The summed E-state index contributed by atoms with van der Waals surface area (Å²) in [5.41, 5.74) is 0.645. The van der Waals surface area contributed by atoms with Crippen molar-refractivity contribution >= 4 is 17.7 Å². The largest absolute Gasteiger partial charge is 0.411 e. The number of carbonyl (C=O) groups excluding carboxylic acids is 1. The minimum atomic E-state index is -0.321. The molecule has 23 heavy (non-hydrogen) atoms. The molecule has 2 rings (SSSR count). The van der Waals surface area contributed by atoms with Gasteiger partial charge in [-0.2, -0.15) is 0 Å². The van der Waals surface area contributed by atoms with Crippen LogP contribution in [0.25, 0.3) is 11.5 Å². The van der Waals surface area contributed by atoms with Crippen LogP contribution in [0, 0.1) is 5.82 Å². The molecule has 0 atom stereocenters. The van der Waals surface area contributed by atoms with Crippen molar-refractivity contribution in [2.75, 3.05) is 12.3 Å². The zero-order valence-corrected chi connectivity index (χ0v) is 13.9. The summed E-state index contributed by atoms with van der Waals surface area (Å²) in [4.78, 5) is 11.7. The van der Waals surface area contributed by atoms with Crippen LogP contribution in [0.15, 0.2) is 33.9 Å². The Labute approximate surface area is 139 Å². The van der Waals surface area contributed by atoms with Gasteiger partial charge in [0.2, 0.25) is 11.8 Å². The van der Waals surface area contributed by atoms with Gasteiger partial charge in [0.1, 0.15) is 5.82 Å². The van der Waals surface area contributed by atoms with Gasteiger partial charge in [0.15, 0.2) is 0 Å². The van der Waals surface area contributed by atoms with E-state index in [1.54, 1.807) is 12.1 Å². The number of thioether (sulfide) groups is 1. The fourth-order valence-corrected chi connectivity index (χ4v) is 2.53. The normalized spacial score (nSPS) is 10.7. The van der Waals surface area contributed by atoms with Gasteiger partial charge in [0, 0.05) is 12.1 Å². The third-order valence-corrected chi connectivity index (χ3v) is 4.00. The Balaban J connectivity index is 1.74. The Morgan fingerprint density at radius 3 is 2.74 bits per heavy atom. The average Bonchev–Trinajstić information content (AvgIpc) is 3.02. The van der Waals surface area contributed by atoms with Gasteiger partial charge < -0.3 is 9.73 Å². The zero-order chi connectivity index (χ0) is 16.5. The predicted octanol–water partition coefficient (Wildman–Crippen LogP) is 3.66. The number of halogens is 1. The van der Waals surface area contributed by atoms with Crippen molar-refractivity contribution in [3.05, 3.63) is 30.1 Å². The van der Waals surface area contributed by atoms with Crippen LogP contribution in [0.3, 0.4) is 0 Å². The molecule has 1 heterocycles. The van der Waals surface area contributed by atoms with Crippen molar-refractivity contribution in [3.8, 4) is 11.5 Å². The highest BCUT2D eigenvalue weighted by atomic mass is 32.2. The van der Waals surface area contributed by atoms with Gasteiger partial charge in [-0.3, -0.25) is 4.79 Å². The maximum Gasteiger partial charge on any atom is 0.277 e. The molecule has 0 saturated carbocycles. The average molecular weight is 337 g/mol. The van der Waals surface area contributed by atoms with Crippen molar-refractivity contribution in [2.24, 2.45) is 0 Å². The number of hydrogen-bond acceptors (Lipinski definition) is 5. The first kappa shape index (κ1) is 17.5. The van der Waals surface area contributed by atoms with Crippen LogP contribution < -0.4 is 5.32 Å². The summed E-state index contributed by atoms with van der Waals surface area (Å²) >= 11 is 1.19. The van der Waals surface area contributed by atoms with Crippen molar-refractivity contribution in [1.82, 2.24) is 15.5 Å². The van der Waals surface area contributed by atoms with Gasteiger partial charge in [-0.1, -0.05) is 37.9 Å². The van der Waals surface area contributed by atoms with E-state index >= 15 is 0 Å². The monoisotopic (exact) mass is 337 g/mol. The summed E-state index contributed by atoms with van der Waals surface area (Å²) in [5.74, 6) is 0.178. The summed E-state index contributed by atoms with van der Waals surface area (Å²) in [6, 6.07) is 5.80. The van der Waals surface area contributed by atoms with E-state index in [2.05, 4.69) is 22.4 Å². The molecule has 0 fully saturated rings. The predicted molar refractivity (Wildman–Crippen MR) is 87.6 cm³/mol. The first-order valence-electron chi connectivity index (χ1n) is 7.68. The van der Waals surface area contributed by atoms with Crippen LogP contribution in [0.5, 0.6) is 0 Å². The van der Waals surface area contributed by atoms with Gasteiger partial charge >= 0.3 is 0 Å². The Kier molecular flexibility index (Phi) is 7.06. The topological polar surface area (TPSA) is 68.0 Å². The van der Waals surface area contributed by atoms with Crippen molar-refractivity contribution < 1.29 is 13.6 Å². The van der Waals surface area contributed by atoms with Crippen molar-refractivity contribution in [1.29, 1.82) is 0 Å². The van der Waals surface area contributed by atoms with Crippen LogP contribution in [-0.2, 0) is 4.79 Å². The highest BCUT2D eigenvalue weighted by Gasteiger charge is 2.11. The lowest BCUT2D eigenvalue weighted by Gasteiger charge is -2.03. The standard InChI is InChI=1S/C16H20FN3O2S/c1-2-3-4-5-10-18-14(21)11-23-16-20-19-15(22-16)12-6-8-13(17)9-7-12/h6-9H,2-5,10-11H2,1H3,(H,18,21). The van der Waals surface area contributed by atoms with E-state index < -0.39 is 0 Å². The van der Waals surface area contributed by atoms with Crippen LogP contribution in [0.1, 0.15) is 32.6 Å². The summed E-state index contributed by atoms with van der Waals surface area (Å²) < 4.78 is 18.3. The van der Waals surface area contributed by atoms with Gasteiger partial charge in [0.25, 0.3) is 5.22 Å². The molecule has 1 aromatic carbocycles. The number of nitrogens with one attached hydrogen (secondary N) is 1. The molecule has 0 radical (unpaired) electrons. The van der Waals surface area contributed by atoms with E-state index in [9.17, 15) is 9.18 Å². The molecule has 5 nitrogen and oxygen atoms in total. The molecular formula is C16H20FN3O2S. The fourth-order valence-electron chi connectivity index (χ4n) is 1.94. The second kappa shape index (κ2) is 9.29. The smallest absolute Gasteiger partial charge is 0.277 e. The minimum absolute atomic E-state index is 0.0481. The first-order chi connectivity index (χ1) is 11.2. The first-order valence-corrected chi connectivity index (χ1v) is 8.66. The molecule has 1 N–H and O–H groups in total. The number of amides is 1. The Morgan fingerprint density at radius 2 is 2.00 bits per heavy atom. The van der Waals surface area contributed by atoms with Gasteiger partial charge in [-0.15, -0.1) is 10.2 Å². The van der Waals surface area contributed by atoms with Gasteiger partial charge in [-0.25, -0.2) is 4.39 Å². The second-order valence-electron chi connectivity index (χ2n) is 5.08. The Bertz CT molecular complexity index is 616. The van der Waals surface area contributed by atoms with E-state index in [1.165, 1.54) is 36.7 Å². The number of unbranched alkanes of at least 4 members (excludes halogenated alkanes) is 3. The van der Waals surface area contributed by atoms with E-state index in [0.717, 1.165) is 12.8 Å². The van der Waals surface area contributed by atoms with Crippen molar-refractivity contribution in [2.45, 2.75) is 37.8 Å². The third-order valence-electron chi connectivity index (χ3n) is 3.18. The molecule has 2 aromatic rings. The summed E-state index contributed by atoms with van der Waals surface area (Å²) in [6.07, 6.45) is 4.50. The number of rotatable bonds is 9. The highest BCUT2D eigenvalue weighted by molar-refractivity contribution is 7.99. The van der Waals surface area contributed by atoms with Crippen LogP contribution in [-0.4, -0.2) is 28.4 Å². The number of benzene rings is 1. The van der Waals surface area contributed by atoms with Crippen LogP contribution >= 0.6 is 11.8 Å². The highest BCUT2D eigenvalue weighted by Crippen LogP contribution is 2.23. The zero-order valence-electron chi connectivity index (χ0n) is 13.0. The molecule has 1 aromatic heterocycles. The lowest BCUT2D eigenvalue weighted by Crippen LogP contribution is -2.26. The van der Waals surface area contributed by atoms with Crippen LogP contribution in [0.2, 0.25) is 0 Å². The lowest BCUT2D eigenvalue weighted by atomic mass is 10.2. The molecule has 0 aliphatic rings. The molecule has 124 valence electrons. The van der Waals surface area contributed by atoms with Gasteiger partial charge in [-0.05, 0) is 30.7 Å². The number of aromatic nitrogens is 2. The SMILES string of the molecule is CCCCCCNC(=O)CSc1nnc(-c2ccc(F)cc2)o1. The second-order valence-corrected chi connectivity index (χ2v) is 6.01. The molecular weight excluding hydrogens is 317 g/mol. The fraction of sp³-hybridized carbons (Fsp3) is 0.438. The molecule has 1 amide bonds. The maximum atomic E-state index is 12.9. The Morgan fingerprint density at radius 1 is 1.22 bits per heavy atom. The van der Waals surface area contributed by atoms with Crippen LogP contribution in [0.4, 0.5) is 4.39 Å². The van der Waals surface area contributed by atoms with E-state index in [1.807, 2.05) is 0 Å². The number of carbonyl (C=O) groups is 1. The van der Waals surface area contributed by atoms with E-state index in [-0.39, 0.29) is 17.5 Å². The third kappa shape index (κ3) is 6.02. The van der Waals surface area contributed by atoms with E-state index in [0.29, 0.717) is 23.2 Å². The quantitative estimate of drug-likeness (QED) is 0.558. The minimum Gasteiger partial charge on any atom is -0.411 e. The van der Waals surface area contributed by atoms with Gasteiger partial charge in [0.05, 0.1) is 5.75 Å². The van der Waals surface area contributed by atoms with E-state index in [4.69, 9.17) is 4.42 Å². The summed E-state index contributed by atoms with van der Waals surface area (Å²) in [7, 11) is 0. The molecule has 0 aliphatic carbocycles. The molecule has 0 bridgehead atoms. The Hall–Kier alpha value is -1.89. The molecule has 7 heteroatoms.